The van der Waals surface area contributed by atoms with Gasteiger partial charge >= 0.3 is 0 Å². The van der Waals surface area contributed by atoms with Gasteiger partial charge in [0.25, 0.3) is 0 Å². The Bertz CT molecular complexity index is 1180. The van der Waals surface area contributed by atoms with E-state index < -0.39 is 0 Å². The van der Waals surface area contributed by atoms with Gasteiger partial charge in [-0.15, -0.1) is 0 Å². The van der Waals surface area contributed by atoms with Crippen LogP contribution < -0.4 is 0 Å². The number of nitrogens with zero attached hydrogens (tertiary/aromatic N) is 1. The number of hydrogen-bond acceptors (Lipinski definition) is 2. The molecule has 7 rings (SSSR count). The van der Waals surface area contributed by atoms with Crippen molar-refractivity contribution < 1.29 is 9.38 Å². The number of rotatable bonds is 2. The fraction of sp³-hybridized carbons (Fsp3) is 0.533. The molecule has 0 unspecified atom stereocenters. The van der Waals surface area contributed by atoms with Crippen molar-refractivity contribution in [2.75, 3.05) is 14.1 Å². The van der Waals surface area contributed by atoms with Gasteiger partial charge in [-0.3, -0.25) is 0 Å². The Balaban J connectivity index is 1.27. The molecule has 172 valence electrons. The molecule has 0 aromatic heterocycles. The summed E-state index contributed by atoms with van der Waals surface area (Å²) in [7, 11) is 3.62. The van der Waals surface area contributed by atoms with Gasteiger partial charge in [0, 0.05) is 24.2 Å². The molecule has 33 heavy (non-hydrogen) atoms. The number of hydrogen-bond donors (Lipinski definition) is 0. The highest BCUT2D eigenvalue weighted by molar-refractivity contribution is 5.77. The molecular weight excluding hydrogens is 406 g/mol. The average Bonchev–Trinajstić information content (AvgIpc) is 3.46. The van der Waals surface area contributed by atoms with E-state index in [1.807, 2.05) is 14.1 Å². The molecule has 1 aromatic carbocycles. The molecule has 2 heterocycles. The lowest BCUT2D eigenvalue weighted by Gasteiger charge is -2.55. The van der Waals surface area contributed by atoms with Crippen LogP contribution in [-0.2, 0) is 11.2 Å². The number of hydroxylamine groups is 3. The van der Waals surface area contributed by atoms with Crippen molar-refractivity contribution in [1.29, 1.82) is 0 Å². The summed E-state index contributed by atoms with van der Waals surface area (Å²) < 4.78 is 7.11. The highest BCUT2D eigenvalue weighted by atomic mass is 16.5. The molecule has 1 aromatic rings. The second-order valence-electron chi connectivity index (χ2n) is 12.2. The van der Waals surface area contributed by atoms with Crippen LogP contribution in [0.3, 0.4) is 0 Å². The molecule has 0 N–H and O–H groups in total. The number of allylic oxidation sites excluding steroid dienone is 4. The van der Waals surface area contributed by atoms with Gasteiger partial charge in [0.2, 0.25) is 0 Å². The molecule has 3 nitrogen and oxygen atoms in total. The quantitative estimate of drug-likeness (QED) is 0.396. The van der Waals surface area contributed by atoms with E-state index >= 15 is 0 Å². The SMILES string of the molecule is C[C@]12CC=C3C=C4CC[C@@H]([N+](C)(C)[O-])C[C@]45CC[C@]3(O5)[C@@H]1CC=C2c1ccc2c(c1)C=CC2. The van der Waals surface area contributed by atoms with Crippen molar-refractivity contribution in [3.05, 3.63) is 75.5 Å². The van der Waals surface area contributed by atoms with Gasteiger partial charge in [0.05, 0.1) is 31.3 Å². The fourth-order valence-corrected chi connectivity index (χ4v) is 8.36. The average molecular weight is 442 g/mol. The zero-order valence-corrected chi connectivity index (χ0v) is 20.2. The monoisotopic (exact) mass is 441 g/mol. The molecule has 2 bridgehead atoms. The van der Waals surface area contributed by atoms with Crippen LogP contribution >= 0.6 is 0 Å². The number of ether oxygens (including phenoxy) is 1. The molecular formula is C30H35NO2. The van der Waals surface area contributed by atoms with Crippen LogP contribution in [0.1, 0.15) is 68.6 Å². The van der Waals surface area contributed by atoms with Gasteiger partial charge < -0.3 is 14.6 Å². The molecule has 5 atom stereocenters. The van der Waals surface area contributed by atoms with Gasteiger partial charge in [-0.25, -0.2) is 0 Å². The summed E-state index contributed by atoms with van der Waals surface area (Å²) in [5.41, 5.74) is 8.34. The standard InChI is InChI=1S/C30H35NO2/c1-28-14-13-24-18-23-9-10-25(31(2,3)32)19-29(23)15-16-30(24,33-29)27(28)12-11-26(28)22-8-7-20-5-4-6-21(20)17-22/h4,6-8,11,13,17-18,25,27H,5,9-10,12,14-16,19H2,1-3H3/t25-,27-,28-,29-,30-/m1/s1. The highest BCUT2D eigenvalue weighted by Crippen LogP contribution is 2.67. The smallest absolute Gasteiger partial charge is 0.0980 e. The van der Waals surface area contributed by atoms with E-state index in [0.29, 0.717) is 5.92 Å². The van der Waals surface area contributed by atoms with Gasteiger partial charge in [0.15, 0.2) is 0 Å². The summed E-state index contributed by atoms with van der Waals surface area (Å²) in [5, 5.41) is 12.8. The van der Waals surface area contributed by atoms with Crippen LogP contribution in [0.5, 0.6) is 0 Å². The lowest BCUT2D eigenvalue weighted by atomic mass is 9.58. The van der Waals surface area contributed by atoms with E-state index in [0.717, 1.165) is 51.4 Å². The molecule has 3 heteroatoms. The van der Waals surface area contributed by atoms with Crippen LogP contribution in [0.25, 0.3) is 11.6 Å². The van der Waals surface area contributed by atoms with E-state index in [1.165, 1.54) is 33.4 Å². The third-order valence-corrected chi connectivity index (χ3v) is 10.2. The highest BCUT2D eigenvalue weighted by Gasteiger charge is 2.65. The molecule has 0 amide bonds. The van der Waals surface area contributed by atoms with E-state index in [-0.39, 0.29) is 27.3 Å². The van der Waals surface area contributed by atoms with Crippen LogP contribution in [0, 0.1) is 16.5 Å². The molecule has 4 aliphatic carbocycles. The normalized spacial score (nSPS) is 40.4. The molecule has 1 saturated carbocycles. The zero-order valence-electron chi connectivity index (χ0n) is 20.2. The van der Waals surface area contributed by atoms with Crippen LogP contribution in [0.15, 0.2) is 53.6 Å². The van der Waals surface area contributed by atoms with E-state index in [9.17, 15) is 5.21 Å². The second-order valence-corrected chi connectivity index (χ2v) is 12.2. The summed E-state index contributed by atoms with van der Waals surface area (Å²) in [4.78, 5) is 0. The Kier molecular flexibility index (Phi) is 3.95. The first-order valence-electron chi connectivity index (χ1n) is 12.9. The molecule has 2 fully saturated rings. The molecule has 0 radical (unpaired) electrons. The van der Waals surface area contributed by atoms with Gasteiger partial charge in [-0.1, -0.05) is 49.4 Å². The Morgan fingerprint density at radius 1 is 1.15 bits per heavy atom. The number of fused-ring (bicyclic) bond motifs is 2. The van der Waals surface area contributed by atoms with E-state index in [4.69, 9.17) is 4.74 Å². The minimum atomic E-state index is -0.209. The largest absolute Gasteiger partial charge is 0.633 e. The van der Waals surface area contributed by atoms with Crippen molar-refractivity contribution in [1.82, 2.24) is 0 Å². The predicted molar refractivity (Wildman–Crippen MR) is 133 cm³/mol. The maximum absolute atomic E-state index is 12.8. The number of benzene rings is 1. The predicted octanol–water partition coefficient (Wildman–Crippen LogP) is 6.35. The third-order valence-electron chi connectivity index (χ3n) is 10.2. The molecule has 1 saturated heterocycles. The van der Waals surface area contributed by atoms with Gasteiger partial charge in [-0.05, 0) is 78.0 Å². The lowest BCUT2D eigenvalue weighted by Crippen LogP contribution is -2.56. The van der Waals surface area contributed by atoms with Crippen molar-refractivity contribution in [3.8, 4) is 0 Å². The molecule has 2 aliphatic heterocycles. The summed E-state index contributed by atoms with van der Waals surface area (Å²) in [6.45, 7) is 2.48. The Hall–Kier alpha value is -1.94. The third kappa shape index (κ3) is 2.62. The summed E-state index contributed by atoms with van der Waals surface area (Å²) in [6.07, 6.45) is 20.3. The summed E-state index contributed by atoms with van der Waals surface area (Å²) in [5.74, 6) is 0.469. The first-order chi connectivity index (χ1) is 15.7. The zero-order chi connectivity index (χ0) is 22.6. The van der Waals surface area contributed by atoms with E-state index in [1.54, 1.807) is 0 Å². The number of quaternary nitrogens is 1. The minimum Gasteiger partial charge on any atom is -0.633 e. The van der Waals surface area contributed by atoms with Crippen LogP contribution in [0.2, 0.25) is 0 Å². The fourth-order valence-electron chi connectivity index (χ4n) is 8.36. The van der Waals surface area contributed by atoms with Crippen LogP contribution in [-0.4, -0.2) is 36.0 Å². The van der Waals surface area contributed by atoms with Crippen molar-refractivity contribution in [3.63, 3.8) is 0 Å². The molecule has 6 aliphatic rings. The summed E-state index contributed by atoms with van der Waals surface area (Å²) in [6, 6.07) is 7.21. The topological polar surface area (TPSA) is 32.3 Å². The Morgan fingerprint density at radius 2 is 2.03 bits per heavy atom. The summed E-state index contributed by atoms with van der Waals surface area (Å²) >= 11 is 0. The second kappa shape index (κ2) is 6.38. The first-order valence-corrected chi connectivity index (χ1v) is 12.9. The maximum Gasteiger partial charge on any atom is 0.0980 e. The maximum atomic E-state index is 12.8. The van der Waals surface area contributed by atoms with Crippen LogP contribution in [0.4, 0.5) is 0 Å². The van der Waals surface area contributed by atoms with E-state index in [2.05, 4.69) is 55.5 Å². The van der Waals surface area contributed by atoms with Crippen molar-refractivity contribution in [2.24, 2.45) is 11.3 Å². The Labute approximate surface area is 197 Å². The van der Waals surface area contributed by atoms with Crippen molar-refractivity contribution >= 4 is 11.6 Å². The Morgan fingerprint density at radius 3 is 2.88 bits per heavy atom. The van der Waals surface area contributed by atoms with Gasteiger partial charge in [0.1, 0.15) is 0 Å². The molecule has 2 spiro atoms. The van der Waals surface area contributed by atoms with Crippen molar-refractivity contribution in [2.45, 2.75) is 75.5 Å². The lowest BCUT2D eigenvalue weighted by molar-refractivity contribution is -0.869. The first kappa shape index (κ1) is 20.4. The van der Waals surface area contributed by atoms with Gasteiger partial charge in [-0.2, -0.15) is 0 Å². The minimum absolute atomic E-state index is 0.0961.